The summed E-state index contributed by atoms with van der Waals surface area (Å²) < 4.78 is 0. The fraction of sp³-hybridized carbons (Fsp3) is 0.235. The Labute approximate surface area is 120 Å². The summed E-state index contributed by atoms with van der Waals surface area (Å²) in [5.41, 5.74) is 4.18. The molecule has 2 aromatic carbocycles. The SMILES string of the molecule is CNC(=O)c1ccc(NC(C)c2cccc(C)c2)cc1. The van der Waals surface area contributed by atoms with Crippen molar-refractivity contribution in [2.45, 2.75) is 19.9 Å². The fourth-order valence-electron chi connectivity index (χ4n) is 2.13. The Hall–Kier alpha value is -2.29. The molecule has 20 heavy (non-hydrogen) atoms. The molecule has 0 saturated heterocycles. The highest BCUT2D eigenvalue weighted by Gasteiger charge is 2.06. The van der Waals surface area contributed by atoms with Crippen molar-refractivity contribution in [1.82, 2.24) is 5.32 Å². The Morgan fingerprint density at radius 2 is 1.80 bits per heavy atom. The molecule has 0 spiro atoms. The van der Waals surface area contributed by atoms with Crippen LogP contribution in [0.2, 0.25) is 0 Å². The van der Waals surface area contributed by atoms with Crippen LogP contribution in [-0.2, 0) is 0 Å². The van der Waals surface area contributed by atoms with Crippen molar-refractivity contribution in [1.29, 1.82) is 0 Å². The third-order valence-corrected chi connectivity index (χ3v) is 3.30. The van der Waals surface area contributed by atoms with Crippen molar-refractivity contribution in [3.63, 3.8) is 0 Å². The zero-order valence-electron chi connectivity index (χ0n) is 12.1. The second-order valence-corrected chi connectivity index (χ2v) is 4.94. The van der Waals surface area contributed by atoms with E-state index in [1.165, 1.54) is 11.1 Å². The van der Waals surface area contributed by atoms with Gasteiger partial charge in [0.2, 0.25) is 0 Å². The smallest absolute Gasteiger partial charge is 0.251 e. The molecule has 104 valence electrons. The lowest BCUT2D eigenvalue weighted by Gasteiger charge is -2.16. The molecule has 0 aliphatic heterocycles. The minimum Gasteiger partial charge on any atom is -0.379 e. The van der Waals surface area contributed by atoms with Crippen LogP contribution in [0.4, 0.5) is 5.69 Å². The first-order chi connectivity index (χ1) is 9.60. The second kappa shape index (κ2) is 6.24. The van der Waals surface area contributed by atoms with E-state index in [2.05, 4.69) is 48.7 Å². The standard InChI is InChI=1S/C17H20N2O/c1-12-5-4-6-15(11-12)13(2)19-16-9-7-14(8-10-16)17(20)18-3/h4-11,13,19H,1-3H3,(H,18,20). The van der Waals surface area contributed by atoms with Crippen LogP contribution in [0, 0.1) is 6.92 Å². The van der Waals surface area contributed by atoms with E-state index in [0.29, 0.717) is 5.56 Å². The molecule has 1 atom stereocenters. The van der Waals surface area contributed by atoms with Gasteiger partial charge in [0.1, 0.15) is 0 Å². The van der Waals surface area contributed by atoms with Gasteiger partial charge in [-0.05, 0) is 43.7 Å². The number of aryl methyl sites for hydroxylation is 1. The van der Waals surface area contributed by atoms with Crippen molar-refractivity contribution >= 4 is 11.6 Å². The first kappa shape index (κ1) is 14.1. The lowest BCUT2D eigenvalue weighted by molar-refractivity contribution is 0.0963. The van der Waals surface area contributed by atoms with Gasteiger partial charge in [-0.25, -0.2) is 0 Å². The third kappa shape index (κ3) is 3.38. The number of anilines is 1. The molecule has 2 N–H and O–H groups in total. The molecule has 0 bridgehead atoms. The Kier molecular flexibility index (Phi) is 4.41. The quantitative estimate of drug-likeness (QED) is 0.890. The van der Waals surface area contributed by atoms with Gasteiger partial charge in [0, 0.05) is 24.3 Å². The van der Waals surface area contributed by atoms with Crippen LogP contribution in [-0.4, -0.2) is 13.0 Å². The lowest BCUT2D eigenvalue weighted by atomic mass is 10.1. The first-order valence-electron chi connectivity index (χ1n) is 6.75. The van der Waals surface area contributed by atoms with Gasteiger partial charge in [-0.1, -0.05) is 29.8 Å². The molecule has 3 nitrogen and oxygen atoms in total. The van der Waals surface area contributed by atoms with Gasteiger partial charge in [-0.2, -0.15) is 0 Å². The van der Waals surface area contributed by atoms with Crippen LogP contribution < -0.4 is 10.6 Å². The number of hydrogen-bond acceptors (Lipinski definition) is 2. The number of carbonyl (C=O) groups excluding carboxylic acids is 1. The first-order valence-corrected chi connectivity index (χ1v) is 6.75. The Morgan fingerprint density at radius 1 is 1.10 bits per heavy atom. The van der Waals surface area contributed by atoms with Gasteiger partial charge in [-0.15, -0.1) is 0 Å². The predicted molar refractivity (Wildman–Crippen MR) is 83.0 cm³/mol. The van der Waals surface area contributed by atoms with Gasteiger partial charge < -0.3 is 10.6 Å². The molecule has 0 saturated carbocycles. The van der Waals surface area contributed by atoms with Crippen LogP contribution in [0.25, 0.3) is 0 Å². The highest BCUT2D eigenvalue weighted by Crippen LogP contribution is 2.20. The van der Waals surface area contributed by atoms with Gasteiger partial charge >= 0.3 is 0 Å². The van der Waals surface area contributed by atoms with Crippen molar-refractivity contribution in [3.05, 3.63) is 65.2 Å². The Balaban J connectivity index is 2.08. The zero-order chi connectivity index (χ0) is 14.5. The van der Waals surface area contributed by atoms with Gasteiger partial charge in [0.25, 0.3) is 5.91 Å². The molecule has 3 heteroatoms. The third-order valence-electron chi connectivity index (χ3n) is 3.30. The highest BCUT2D eigenvalue weighted by atomic mass is 16.1. The second-order valence-electron chi connectivity index (χ2n) is 4.94. The Bertz CT molecular complexity index is 590. The maximum absolute atomic E-state index is 11.5. The van der Waals surface area contributed by atoms with Crippen molar-refractivity contribution in [2.24, 2.45) is 0 Å². The maximum Gasteiger partial charge on any atom is 0.251 e. The number of carbonyl (C=O) groups is 1. The van der Waals surface area contributed by atoms with Crippen LogP contribution >= 0.6 is 0 Å². The normalized spacial score (nSPS) is 11.8. The minimum absolute atomic E-state index is 0.0664. The maximum atomic E-state index is 11.5. The van der Waals surface area contributed by atoms with Crippen molar-refractivity contribution < 1.29 is 4.79 Å². The minimum atomic E-state index is -0.0664. The predicted octanol–water partition coefficient (Wildman–Crippen LogP) is 3.53. The van der Waals surface area contributed by atoms with E-state index < -0.39 is 0 Å². The molecule has 0 heterocycles. The summed E-state index contributed by atoms with van der Waals surface area (Å²) in [4.78, 5) is 11.5. The largest absolute Gasteiger partial charge is 0.379 e. The van der Waals surface area contributed by atoms with Gasteiger partial charge in [0.15, 0.2) is 0 Å². The van der Waals surface area contributed by atoms with E-state index in [0.717, 1.165) is 5.69 Å². The van der Waals surface area contributed by atoms with Crippen molar-refractivity contribution in [3.8, 4) is 0 Å². The van der Waals surface area contributed by atoms with Gasteiger partial charge in [0.05, 0.1) is 0 Å². The molecule has 0 aliphatic carbocycles. The number of nitrogens with one attached hydrogen (secondary N) is 2. The molecular weight excluding hydrogens is 248 g/mol. The summed E-state index contributed by atoms with van der Waals surface area (Å²) in [7, 11) is 1.63. The molecule has 1 unspecified atom stereocenters. The Morgan fingerprint density at radius 3 is 2.40 bits per heavy atom. The van der Waals surface area contributed by atoms with Crippen molar-refractivity contribution in [2.75, 3.05) is 12.4 Å². The van der Waals surface area contributed by atoms with Gasteiger partial charge in [-0.3, -0.25) is 4.79 Å². The van der Waals surface area contributed by atoms with Crippen LogP contribution in [0.15, 0.2) is 48.5 Å². The van der Waals surface area contributed by atoms with Crippen LogP contribution in [0.1, 0.15) is 34.5 Å². The molecule has 0 aromatic heterocycles. The molecular formula is C17H20N2O. The molecule has 2 rings (SSSR count). The fourth-order valence-corrected chi connectivity index (χ4v) is 2.13. The average molecular weight is 268 g/mol. The number of amides is 1. The summed E-state index contributed by atoms with van der Waals surface area (Å²) in [6, 6.07) is 16.2. The number of benzene rings is 2. The van der Waals surface area contributed by atoms with Crippen LogP contribution in [0.3, 0.4) is 0 Å². The summed E-state index contributed by atoms with van der Waals surface area (Å²) in [6.07, 6.45) is 0. The average Bonchev–Trinajstić information content (AvgIpc) is 2.47. The van der Waals surface area contributed by atoms with E-state index in [-0.39, 0.29) is 11.9 Å². The van der Waals surface area contributed by atoms with E-state index in [1.807, 2.05) is 24.3 Å². The van der Waals surface area contributed by atoms with E-state index in [4.69, 9.17) is 0 Å². The zero-order valence-corrected chi connectivity index (χ0v) is 12.1. The number of rotatable bonds is 4. The topological polar surface area (TPSA) is 41.1 Å². The summed E-state index contributed by atoms with van der Waals surface area (Å²) in [5, 5.41) is 6.05. The summed E-state index contributed by atoms with van der Waals surface area (Å²) in [6.45, 7) is 4.22. The number of hydrogen-bond donors (Lipinski definition) is 2. The summed E-state index contributed by atoms with van der Waals surface area (Å²) >= 11 is 0. The monoisotopic (exact) mass is 268 g/mol. The molecule has 0 aliphatic rings. The molecule has 1 amide bonds. The molecule has 0 fully saturated rings. The van der Waals surface area contributed by atoms with E-state index >= 15 is 0 Å². The highest BCUT2D eigenvalue weighted by molar-refractivity contribution is 5.94. The summed E-state index contributed by atoms with van der Waals surface area (Å²) in [5.74, 6) is -0.0664. The lowest BCUT2D eigenvalue weighted by Crippen LogP contribution is -2.17. The van der Waals surface area contributed by atoms with E-state index in [1.54, 1.807) is 7.05 Å². The molecule has 0 radical (unpaired) electrons. The van der Waals surface area contributed by atoms with Crippen LogP contribution in [0.5, 0.6) is 0 Å². The van der Waals surface area contributed by atoms with E-state index in [9.17, 15) is 4.79 Å². The molecule has 2 aromatic rings.